The maximum Gasteiger partial charge on any atom is 0.259 e. The van der Waals surface area contributed by atoms with Crippen molar-refractivity contribution in [3.05, 3.63) is 75.5 Å². The van der Waals surface area contributed by atoms with E-state index in [1.54, 1.807) is 17.0 Å². The normalized spacial score (nSPS) is 14.5. The average Bonchev–Trinajstić information content (AvgIpc) is 3.33. The van der Waals surface area contributed by atoms with Crippen molar-refractivity contribution in [3.63, 3.8) is 0 Å². The van der Waals surface area contributed by atoms with Gasteiger partial charge in [0, 0.05) is 50.1 Å². The van der Waals surface area contributed by atoms with Crippen molar-refractivity contribution in [1.82, 2.24) is 29.9 Å². The Bertz CT molecular complexity index is 1400. The summed E-state index contributed by atoms with van der Waals surface area (Å²) in [4.78, 5) is 41.8. The van der Waals surface area contributed by atoms with E-state index in [1.165, 1.54) is 11.8 Å². The Balaban J connectivity index is 1.12. The maximum absolute atomic E-state index is 13.0. The summed E-state index contributed by atoms with van der Waals surface area (Å²) in [5.74, 6) is 1.01. The number of aromatic amines is 1. The third kappa shape index (κ3) is 5.00. The number of amides is 1. The van der Waals surface area contributed by atoms with Crippen LogP contribution in [0, 0.1) is 13.8 Å². The van der Waals surface area contributed by atoms with Crippen LogP contribution in [0.1, 0.15) is 33.9 Å². The van der Waals surface area contributed by atoms with Gasteiger partial charge in [0.15, 0.2) is 0 Å². The van der Waals surface area contributed by atoms with Gasteiger partial charge in [0.05, 0.1) is 5.39 Å². The molecule has 0 unspecified atom stereocenters. The summed E-state index contributed by atoms with van der Waals surface area (Å²) in [5, 5.41) is 4.53. The Kier molecular flexibility index (Phi) is 6.41. The number of piperazine rings is 1. The minimum Gasteiger partial charge on any atom is -0.345 e. The lowest BCUT2D eigenvalue weighted by Gasteiger charge is -2.34. The van der Waals surface area contributed by atoms with Crippen molar-refractivity contribution in [2.24, 2.45) is 0 Å². The molecule has 1 fully saturated rings. The SMILES string of the molecule is Cc1ccc(-c2noc(CCCN3CCN(C(=O)c4c[nH]c5nc(C)ccc5c4=O)CC3)n2)cc1. The zero-order valence-electron chi connectivity index (χ0n) is 20.0. The van der Waals surface area contributed by atoms with Crippen LogP contribution in [0.3, 0.4) is 0 Å². The number of fused-ring (bicyclic) bond motifs is 1. The van der Waals surface area contributed by atoms with Crippen LogP contribution in [-0.2, 0) is 6.42 Å². The lowest BCUT2D eigenvalue weighted by molar-refractivity contribution is 0.0634. The van der Waals surface area contributed by atoms with Gasteiger partial charge in [0.1, 0.15) is 11.2 Å². The largest absolute Gasteiger partial charge is 0.345 e. The summed E-state index contributed by atoms with van der Waals surface area (Å²) >= 11 is 0. The van der Waals surface area contributed by atoms with Gasteiger partial charge in [0.2, 0.25) is 17.1 Å². The van der Waals surface area contributed by atoms with Gasteiger partial charge in [-0.2, -0.15) is 4.98 Å². The molecule has 180 valence electrons. The number of pyridine rings is 2. The highest BCUT2D eigenvalue weighted by molar-refractivity contribution is 5.96. The van der Waals surface area contributed by atoms with Crippen LogP contribution in [0.15, 0.2) is 51.9 Å². The van der Waals surface area contributed by atoms with Crippen molar-refractivity contribution in [3.8, 4) is 11.4 Å². The quantitative estimate of drug-likeness (QED) is 0.460. The number of benzene rings is 1. The van der Waals surface area contributed by atoms with Crippen LogP contribution in [0.4, 0.5) is 0 Å². The number of nitrogens with zero attached hydrogens (tertiary/aromatic N) is 5. The Morgan fingerprint density at radius 1 is 1.03 bits per heavy atom. The van der Waals surface area contributed by atoms with Gasteiger partial charge in [-0.3, -0.25) is 14.5 Å². The van der Waals surface area contributed by atoms with Crippen LogP contribution >= 0.6 is 0 Å². The first-order valence-corrected chi connectivity index (χ1v) is 11.9. The number of hydrogen-bond acceptors (Lipinski definition) is 7. The van der Waals surface area contributed by atoms with Gasteiger partial charge in [-0.15, -0.1) is 0 Å². The number of carbonyl (C=O) groups excluding carboxylic acids is 1. The summed E-state index contributed by atoms with van der Waals surface area (Å²) in [6.45, 7) is 7.48. The molecule has 4 heterocycles. The molecule has 1 N–H and O–H groups in total. The Hall–Kier alpha value is -3.85. The van der Waals surface area contributed by atoms with Gasteiger partial charge in [-0.05, 0) is 38.9 Å². The number of carbonyl (C=O) groups is 1. The first-order chi connectivity index (χ1) is 17.0. The highest BCUT2D eigenvalue weighted by atomic mass is 16.5. The number of nitrogens with one attached hydrogen (secondary N) is 1. The fourth-order valence-corrected chi connectivity index (χ4v) is 4.34. The van der Waals surface area contributed by atoms with E-state index < -0.39 is 0 Å². The molecule has 4 aromatic rings. The zero-order chi connectivity index (χ0) is 24.4. The van der Waals surface area contributed by atoms with E-state index in [9.17, 15) is 9.59 Å². The predicted molar refractivity (Wildman–Crippen MR) is 132 cm³/mol. The van der Waals surface area contributed by atoms with Gasteiger partial charge in [-0.1, -0.05) is 35.0 Å². The van der Waals surface area contributed by atoms with Crippen molar-refractivity contribution < 1.29 is 9.32 Å². The number of aromatic nitrogens is 4. The summed E-state index contributed by atoms with van der Waals surface area (Å²) in [5.41, 5.74) is 3.34. The number of H-pyrrole nitrogens is 1. The lowest BCUT2D eigenvalue weighted by atomic mass is 10.1. The monoisotopic (exact) mass is 472 g/mol. The van der Waals surface area contributed by atoms with Crippen LogP contribution in [0.25, 0.3) is 22.4 Å². The molecule has 0 aliphatic carbocycles. The lowest BCUT2D eigenvalue weighted by Crippen LogP contribution is -2.49. The molecule has 5 rings (SSSR count). The fourth-order valence-electron chi connectivity index (χ4n) is 4.34. The van der Waals surface area contributed by atoms with Gasteiger partial charge < -0.3 is 14.4 Å². The van der Waals surface area contributed by atoms with Crippen molar-refractivity contribution in [2.75, 3.05) is 32.7 Å². The van der Waals surface area contributed by atoms with E-state index >= 15 is 0 Å². The van der Waals surface area contributed by atoms with Crippen LogP contribution in [0.5, 0.6) is 0 Å². The van der Waals surface area contributed by atoms with Crippen LogP contribution < -0.4 is 5.43 Å². The standard InChI is InChI=1S/C26H28N6O3/c1-17-5-8-19(9-6-17)24-29-22(35-30-24)4-3-11-31-12-14-32(15-13-31)26(34)21-16-27-25-20(23(21)33)10-7-18(2)28-25/h5-10,16H,3-4,11-15H2,1-2H3,(H,27,28,33). The predicted octanol–water partition coefficient (Wildman–Crippen LogP) is 2.98. The summed E-state index contributed by atoms with van der Waals surface area (Å²) in [7, 11) is 0. The minimum absolute atomic E-state index is 0.164. The first kappa shape index (κ1) is 22.9. The van der Waals surface area contributed by atoms with Crippen LogP contribution in [-0.4, -0.2) is 68.5 Å². The van der Waals surface area contributed by atoms with Crippen molar-refractivity contribution in [1.29, 1.82) is 0 Å². The Morgan fingerprint density at radius 3 is 2.57 bits per heavy atom. The van der Waals surface area contributed by atoms with E-state index in [-0.39, 0.29) is 16.9 Å². The first-order valence-electron chi connectivity index (χ1n) is 11.9. The molecule has 3 aromatic heterocycles. The smallest absolute Gasteiger partial charge is 0.259 e. The van der Waals surface area contributed by atoms with E-state index in [4.69, 9.17) is 4.52 Å². The molecular weight excluding hydrogens is 444 g/mol. The Morgan fingerprint density at radius 2 is 1.80 bits per heavy atom. The van der Waals surface area contributed by atoms with E-state index in [1.807, 2.05) is 38.1 Å². The second-order valence-electron chi connectivity index (χ2n) is 9.00. The molecule has 0 spiro atoms. The van der Waals surface area contributed by atoms with E-state index in [0.717, 1.165) is 37.3 Å². The molecule has 1 aliphatic rings. The second-order valence-corrected chi connectivity index (χ2v) is 9.00. The summed E-state index contributed by atoms with van der Waals surface area (Å²) in [6, 6.07) is 11.6. The summed E-state index contributed by atoms with van der Waals surface area (Å²) < 4.78 is 5.41. The van der Waals surface area contributed by atoms with E-state index in [2.05, 4.69) is 25.0 Å². The molecule has 35 heavy (non-hydrogen) atoms. The highest BCUT2D eigenvalue weighted by Gasteiger charge is 2.24. The average molecular weight is 473 g/mol. The fraction of sp³-hybridized carbons (Fsp3) is 0.346. The molecule has 0 saturated carbocycles. The van der Waals surface area contributed by atoms with Gasteiger partial charge in [0.25, 0.3) is 5.91 Å². The van der Waals surface area contributed by atoms with Gasteiger partial charge >= 0.3 is 0 Å². The molecular formula is C26H28N6O3. The second kappa shape index (κ2) is 9.79. The van der Waals surface area contributed by atoms with Crippen molar-refractivity contribution in [2.45, 2.75) is 26.7 Å². The number of hydrogen-bond donors (Lipinski definition) is 1. The molecule has 0 bridgehead atoms. The number of rotatable bonds is 6. The highest BCUT2D eigenvalue weighted by Crippen LogP contribution is 2.17. The third-order valence-electron chi connectivity index (χ3n) is 6.41. The molecule has 9 nitrogen and oxygen atoms in total. The van der Waals surface area contributed by atoms with E-state index in [0.29, 0.717) is 42.3 Å². The molecule has 9 heteroatoms. The van der Waals surface area contributed by atoms with Gasteiger partial charge in [-0.25, -0.2) is 4.98 Å². The molecule has 1 aliphatic heterocycles. The maximum atomic E-state index is 13.0. The minimum atomic E-state index is -0.275. The molecule has 1 amide bonds. The van der Waals surface area contributed by atoms with Crippen LogP contribution in [0.2, 0.25) is 0 Å². The molecule has 0 radical (unpaired) electrons. The molecule has 1 aromatic carbocycles. The Labute approximate surface area is 202 Å². The third-order valence-corrected chi connectivity index (χ3v) is 6.41. The topological polar surface area (TPSA) is 108 Å². The molecule has 0 atom stereocenters. The summed E-state index contributed by atoms with van der Waals surface area (Å²) in [6.07, 6.45) is 3.08. The van der Waals surface area contributed by atoms with Crippen molar-refractivity contribution >= 4 is 16.9 Å². The number of aryl methyl sites for hydroxylation is 3. The molecule has 1 saturated heterocycles. The zero-order valence-corrected chi connectivity index (χ0v) is 20.0.